The van der Waals surface area contributed by atoms with Crippen molar-refractivity contribution in [3.63, 3.8) is 0 Å². The van der Waals surface area contributed by atoms with E-state index < -0.39 is 11.6 Å². The summed E-state index contributed by atoms with van der Waals surface area (Å²) in [5.41, 5.74) is 4.31. The summed E-state index contributed by atoms with van der Waals surface area (Å²) in [5, 5.41) is 15.3. The Morgan fingerprint density at radius 3 is 1.32 bits per heavy atom. The number of nitrogens with zero attached hydrogens (tertiary/aromatic N) is 14. The molecular weight excluding hydrogens is 1160 g/mol. The number of nitrogens with one attached hydrogen (secondary N) is 2. The highest BCUT2D eigenvalue weighted by molar-refractivity contribution is 5.80. The molecule has 4 aliphatic rings. The smallest absolute Gasteiger partial charge is 0.332 e. The van der Waals surface area contributed by atoms with E-state index >= 15 is 0 Å². The van der Waals surface area contributed by atoms with Crippen molar-refractivity contribution < 1.29 is 38.4 Å². The number of ether oxygens (including phenoxy) is 5. The van der Waals surface area contributed by atoms with Gasteiger partial charge < -0.3 is 68.2 Å². The van der Waals surface area contributed by atoms with Gasteiger partial charge in [0.25, 0.3) is 0 Å². The van der Waals surface area contributed by atoms with Crippen LogP contribution in [0.5, 0.6) is 0 Å². The highest BCUT2D eigenvalue weighted by Gasteiger charge is 2.39. The Hall–Kier alpha value is -6.70. The molecule has 4 fully saturated rings. The lowest BCUT2D eigenvalue weighted by molar-refractivity contribution is -0.160. The normalized spacial score (nSPS) is 17.0. The van der Waals surface area contributed by atoms with Gasteiger partial charge in [-0.3, -0.25) is 0 Å². The van der Waals surface area contributed by atoms with Crippen molar-refractivity contribution in [2.45, 2.75) is 164 Å². The third-order valence-electron chi connectivity index (χ3n) is 17.9. The number of esters is 1. The first kappa shape index (κ1) is 70.2. The van der Waals surface area contributed by atoms with Crippen LogP contribution in [0.1, 0.15) is 157 Å². The minimum absolute atomic E-state index is 0. The van der Waals surface area contributed by atoms with Crippen molar-refractivity contribution in [1.29, 1.82) is 0 Å². The van der Waals surface area contributed by atoms with E-state index in [-0.39, 0.29) is 26.6 Å². The number of aliphatic carboxylic acids is 1. The van der Waals surface area contributed by atoms with Crippen molar-refractivity contribution in [2.24, 2.45) is 10.8 Å². The number of fused-ring (bicyclic) bond motifs is 2. The zero-order chi connectivity index (χ0) is 63.7. The summed E-state index contributed by atoms with van der Waals surface area (Å²) in [6.45, 7) is 32.4. The number of hydrogen-bond acceptors (Lipinski definition) is 21. The number of aromatic nitrogens is 10. The first-order valence-electron chi connectivity index (χ1n) is 32.9. The number of carboxylic acid groups (broad SMARTS) is 1. The SMILES string of the molecule is C.Cc1nc2cnc(Nc3ccnc(N4CCC5(CCN(CCCOCCCOCC(=O)O)CC5)CC4)n3)cc2n1C(C)C.Cc1nc2cnc(Nc3ccnc(N4CCC5(CCN(CCCOCCCOCC(=O)OC(C)(C)C)CC5)CC4)n3)cc2n1C(C)C. The van der Waals surface area contributed by atoms with Gasteiger partial charge in [-0.2, -0.15) is 9.97 Å². The summed E-state index contributed by atoms with van der Waals surface area (Å²) >= 11 is 0. The van der Waals surface area contributed by atoms with E-state index in [0.29, 0.717) is 49.3 Å². The van der Waals surface area contributed by atoms with Crippen LogP contribution in [-0.2, 0) is 33.3 Å². The zero-order valence-electron chi connectivity index (χ0n) is 55.1. The van der Waals surface area contributed by atoms with Crippen molar-refractivity contribution in [3.8, 4) is 0 Å². The molecule has 0 aromatic carbocycles. The Balaban J connectivity index is 0.000000233. The summed E-state index contributed by atoms with van der Waals surface area (Å²) in [4.78, 5) is 69.3. The van der Waals surface area contributed by atoms with Crippen LogP contribution in [0, 0.1) is 24.7 Å². The fourth-order valence-corrected chi connectivity index (χ4v) is 13.1. The van der Waals surface area contributed by atoms with Crippen LogP contribution in [0.25, 0.3) is 22.1 Å². The average Bonchev–Trinajstić information content (AvgIpc) is 1.83. The first-order valence-corrected chi connectivity index (χ1v) is 32.9. The van der Waals surface area contributed by atoms with Gasteiger partial charge in [0.1, 0.15) is 64.8 Å². The van der Waals surface area contributed by atoms with Crippen LogP contribution in [0.3, 0.4) is 0 Å². The molecule has 500 valence electrons. The molecule has 0 saturated carbocycles. The number of carboxylic acids is 1. The Labute approximate surface area is 539 Å². The number of likely N-dealkylation sites (tertiary alicyclic amines) is 2. The van der Waals surface area contributed by atoms with E-state index in [1.54, 1.807) is 0 Å². The van der Waals surface area contributed by atoms with Gasteiger partial charge in [0, 0.05) is 116 Å². The molecule has 10 heterocycles. The summed E-state index contributed by atoms with van der Waals surface area (Å²) in [5.74, 6) is 5.26. The van der Waals surface area contributed by atoms with E-state index in [2.05, 4.69) is 103 Å². The lowest BCUT2D eigenvalue weighted by Crippen LogP contribution is -2.47. The topological polar surface area (TPSA) is 251 Å². The fourth-order valence-electron chi connectivity index (χ4n) is 13.1. The van der Waals surface area contributed by atoms with Gasteiger partial charge in [0.05, 0.1) is 23.4 Å². The maximum Gasteiger partial charge on any atom is 0.332 e. The van der Waals surface area contributed by atoms with Gasteiger partial charge in [-0.25, -0.2) is 39.5 Å². The number of anilines is 6. The molecule has 24 nitrogen and oxygen atoms in total. The fraction of sp³-hybridized carbons (Fsp3) is 0.672. The van der Waals surface area contributed by atoms with Crippen LogP contribution in [-0.4, -0.2) is 200 Å². The maximum atomic E-state index is 11.7. The molecule has 0 amide bonds. The zero-order valence-corrected chi connectivity index (χ0v) is 55.1. The lowest BCUT2D eigenvalue weighted by atomic mass is 9.71. The number of imidazole rings is 2. The number of pyridine rings is 2. The molecule has 4 saturated heterocycles. The molecule has 0 unspecified atom stereocenters. The van der Waals surface area contributed by atoms with Crippen LogP contribution < -0.4 is 20.4 Å². The molecule has 4 aliphatic heterocycles. The van der Waals surface area contributed by atoms with Gasteiger partial charge >= 0.3 is 11.9 Å². The number of rotatable bonds is 28. The average molecular weight is 1260 g/mol. The van der Waals surface area contributed by atoms with Crippen LogP contribution in [0.15, 0.2) is 49.1 Å². The monoisotopic (exact) mass is 1260 g/mol. The van der Waals surface area contributed by atoms with E-state index in [0.717, 1.165) is 173 Å². The predicted octanol–water partition coefficient (Wildman–Crippen LogP) is 10.8. The van der Waals surface area contributed by atoms with Crippen LogP contribution in [0.4, 0.5) is 35.2 Å². The minimum Gasteiger partial charge on any atom is -0.480 e. The quantitative estimate of drug-likeness (QED) is 0.0305. The largest absolute Gasteiger partial charge is 0.480 e. The van der Waals surface area contributed by atoms with Crippen LogP contribution >= 0.6 is 0 Å². The molecule has 91 heavy (non-hydrogen) atoms. The Bertz CT molecular complexity index is 3220. The second kappa shape index (κ2) is 33.2. The third kappa shape index (κ3) is 20.4. The summed E-state index contributed by atoms with van der Waals surface area (Å²) in [6, 6.07) is 8.52. The summed E-state index contributed by atoms with van der Waals surface area (Å²) in [6.07, 6.45) is 20.5. The molecule has 6 aromatic heterocycles. The predicted molar refractivity (Wildman–Crippen MR) is 357 cm³/mol. The van der Waals surface area contributed by atoms with Crippen LogP contribution in [0.2, 0.25) is 0 Å². The first-order chi connectivity index (χ1) is 43.3. The summed E-state index contributed by atoms with van der Waals surface area (Å²) < 4.78 is 31.6. The van der Waals surface area contributed by atoms with Gasteiger partial charge in [-0.1, -0.05) is 7.43 Å². The van der Waals surface area contributed by atoms with Crippen molar-refractivity contribution in [1.82, 2.24) is 58.8 Å². The standard InChI is InChI=1S/C35H54N8O4.C31H46N8O4.CH4/c1-26(2)43-27(3)38-28-24-37-31(23-29(28)43)39-30-9-14-36-33(40-30)42-18-12-35(13-19-42)10-16-41(17-11-35)15-7-20-45-21-8-22-46-25-32(44)47-34(4,5)6;1-23(2)39-24(3)34-25-21-33-28(20-26(25)39)35-27-6-11-32-30(36-27)38-15-9-31(10-16-38)7-13-37(14-8-31)12-4-17-42-18-5-19-43-22-29(40)41;/h9,14,23-24,26H,7-8,10-13,15-22,25H2,1-6H3,(H,36,37,39,40);6,11,20-21,23H,4-5,7-10,12-19,22H2,1-3H3,(H,40,41)(H,32,33,35,36);1H4. The number of carbonyl (C=O) groups excluding carboxylic acids is 1. The summed E-state index contributed by atoms with van der Waals surface area (Å²) in [7, 11) is 0. The molecular formula is C67H104N16O8. The number of hydrogen-bond donors (Lipinski definition) is 3. The number of piperidine rings is 4. The number of aryl methyl sites for hydroxylation is 2. The maximum absolute atomic E-state index is 11.7. The molecule has 0 bridgehead atoms. The molecule has 3 N–H and O–H groups in total. The second-order valence-electron chi connectivity index (χ2n) is 26.5. The second-order valence-corrected chi connectivity index (χ2v) is 26.5. The van der Waals surface area contributed by atoms with E-state index in [4.69, 9.17) is 38.8 Å². The van der Waals surface area contributed by atoms with Crippen molar-refractivity contribution in [2.75, 3.05) is 139 Å². The Kier molecular flexibility index (Phi) is 25.6. The van der Waals surface area contributed by atoms with Gasteiger partial charge in [0.15, 0.2) is 0 Å². The molecule has 10 rings (SSSR count). The highest BCUT2D eigenvalue weighted by atomic mass is 16.6. The Morgan fingerprint density at radius 2 is 0.923 bits per heavy atom. The van der Waals surface area contributed by atoms with Gasteiger partial charge in [0.2, 0.25) is 11.9 Å². The molecule has 0 atom stereocenters. The third-order valence-corrected chi connectivity index (χ3v) is 17.9. The molecule has 24 heteroatoms. The van der Waals surface area contributed by atoms with Crippen molar-refractivity contribution in [3.05, 3.63) is 60.7 Å². The van der Waals surface area contributed by atoms with Crippen molar-refractivity contribution >= 4 is 69.2 Å². The number of carbonyl (C=O) groups is 2. The van der Waals surface area contributed by atoms with E-state index in [1.165, 1.54) is 51.4 Å². The minimum atomic E-state index is -0.934. The van der Waals surface area contributed by atoms with E-state index in [1.807, 2.05) is 77.6 Å². The lowest BCUT2D eigenvalue weighted by Gasteiger charge is -2.47. The molecule has 0 radical (unpaired) electrons. The van der Waals surface area contributed by atoms with Gasteiger partial charge in [-0.05, 0) is 189 Å². The molecule has 0 aliphatic carbocycles. The van der Waals surface area contributed by atoms with Gasteiger partial charge in [-0.15, -0.1) is 0 Å². The molecule has 2 spiro atoms. The Morgan fingerprint density at radius 1 is 0.538 bits per heavy atom. The van der Waals surface area contributed by atoms with E-state index in [9.17, 15) is 9.59 Å². The highest BCUT2D eigenvalue weighted by Crippen LogP contribution is 2.43. The molecule has 6 aromatic rings.